The van der Waals surface area contributed by atoms with Gasteiger partial charge in [-0.05, 0) is 24.5 Å². The van der Waals surface area contributed by atoms with E-state index in [2.05, 4.69) is 31.3 Å². The summed E-state index contributed by atoms with van der Waals surface area (Å²) in [6, 6.07) is 8.65. The number of nitrogens with one attached hydrogen (secondary N) is 1. The Morgan fingerprint density at radius 2 is 1.90 bits per heavy atom. The van der Waals surface area contributed by atoms with Crippen LogP contribution in [0.5, 0.6) is 0 Å². The van der Waals surface area contributed by atoms with Gasteiger partial charge in [0.05, 0.1) is 19.3 Å². The lowest BCUT2D eigenvalue weighted by Crippen LogP contribution is -2.23. The quantitative estimate of drug-likeness (QED) is 0.925. The molecule has 0 aromatic heterocycles. The fourth-order valence-electron chi connectivity index (χ4n) is 2.48. The third kappa shape index (κ3) is 3.78. The molecule has 2 heterocycles. The number of amidine groups is 1. The van der Waals surface area contributed by atoms with Crippen LogP contribution >= 0.6 is 11.8 Å². The zero-order valence-corrected chi connectivity index (χ0v) is 13.4. The number of ether oxygens (including phenoxy) is 2. The molecule has 1 atom stereocenters. The van der Waals surface area contributed by atoms with Gasteiger partial charge in [-0.25, -0.2) is 0 Å². The topological polar surface area (TPSA) is 42.8 Å². The summed E-state index contributed by atoms with van der Waals surface area (Å²) in [5.74, 6) is 1.73. The first-order valence-electron chi connectivity index (χ1n) is 7.53. The molecule has 1 aromatic carbocycles. The van der Waals surface area contributed by atoms with Crippen molar-refractivity contribution in [3.63, 3.8) is 0 Å². The van der Waals surface area contributed by atoms with Crippen LogP contribution < -0.4 is 5.32 Å². The first-order valence-corrected chi connectivity index (χ1v) is 8.52. The van der Waals surface area contributed by atoms with E-state index in [1.54, 1.807) is 11.8 Å². The number of aliphatic imine (C=N–C) groups is 1. The molecule has 21 heavy (non-hydrogen) atoms. The summed E-state index contributed by atoms with van der Waals surface area (Å²) in [4.78, 5) is 4.80. The van der Waals surface area contributed by atoms with Crippen molar-refractivity contribution in [2.45, 2.75) is 32.6 Å². The van der Waals surface area contributed by atoms with Gasteiger partial charge in [0, 0.05) is 17.0 Å². The lowest BCUT2D eigenvalue weighted by molar-refractivity contribution is -0.0441. The SMILES string of the molecule is CC(C)C1CCSC(Nc2ccc(C3OCCO3)cc2)=N1. The lowest BCUT2D eigenvalue weighted by atomic mass is 10.0. The second-order valence-corrected chi connectivity index (χ2v) is 6.79. The van der Waals surface area contributed by atoms with Crippen LogP contribution in [0.3, 0.4) is 0 Å². The predicted molar refractivity (Wildman–Crippen MR) is 87.8 cm³/mol. The smallest absolute Gasteiger partial charge is 0.184 e. The molecule has 1 unspecified atom stereocenters. The number of hydrogen-bond acceptors (Lipinski definition) is 5. The van der Waals surface area contributed by atoms with Crippen LogP contribution in [-0.4, -0.2) is 30.2 Å². The van der Waals surface area contributed by atoms with Crippen LogP contribution in [0.4, 0.5) is 5.69 Å². The minimum absolute atomic E-state index is 0.203. The van der Waals surface area contributed by atoms with E-state index in [9.17, 15) is 0 Å². The van der Waals surface area contributed by atoms with Gasteiger partial charge in [0.15, 0.2) is 11.5 Å². The zero-order valence-electron chi connectivity index (χ0n) is 12.5. The van der Waals surface area contributed by atoms with Crippen LogP contribution in [0.2, 0.25) is 0 Å². The Kier molecular flexibility index (Phi) is 4.83. The molecular formula is C16H22N2O2S. The van der Waals surface area contributed by atoms with E-state index in [-0.39, 0.29) is 6.29 Å². The Hall–Kier alpha value is -1.04. The van der Waals surface area contributed by atoms with Crippen molar-refractivity contribution in [3.8, 4) is 0 Å². The molecule has 1 N–H and O–H groups in total. The highest BCUT2D eigenvalue weighted by Gasteiger charge is 2.20. The van der Waals surface area contributed by atoms with Crippen LogP contribution in [0.1, 0.15) is 32.1 Å². The van der Waals surface area contributed by atoms with E-state index in [1.807, 2.05) is 12.1 Å². The van der Waals surface area contributed by atoms with Crippen molar-refractivity contribution in [1.29, 1.82) is 0 Å². The molecule has 0 amide bonds. The van der Waals surface area contributed by atoms with Gasteiger partial charge >= 0.3 is 0 Å². The second kappa shape index (κ2) is 6.81. The molecule has 1 aromatic rings. The van der Waals surface area contributed by atoms with Crippen molar-refractivity contribution in [2.24, 2.45) is 10.9 Å². The molecule has 0 bridgehead atoms. The lowest BCUT2D eigenvalue weighted by Gasteiger charge is -2.23. The first-order chi connectivity index (χ1) is 10.2. The van der Waals surface area contributed by atoms with Gasteiger partial charge in [0.2, 0.25) is 0 Å². The Balaban J connectivity index is 1.64. The number of anilines is 1. The summed E-state index contributed by atoms with van der Waals surface area (Å²) in [6.07, 6.45) is 0.966. The van der Waals surface area contributed by atoms with Crippen LogP contribution in [0, 0.1) is 5.92 Å². The summed E-state index contributed by atoms with van der Waals surface area (Å²) in [5.41, 5.74) is 2.13. The summed E-state index contributed by atoms with van der Waals surface area (Å²) >= 11 is 1.80. The highest BCUT2D eigenvalue weighted by atomic mass is 32.2. The predicted octanol–water partition coefficient (Wildman–Crippen LogP) is 3.66. The second-order valence-electron chi connectivity index (χ2n) is 5.70. The van der Waals surface area contributed by atoms with Gasteiger partial charge in [-0.1, -0.05) is 37.7 Å². The van der Waals surface area contributed by atoms with Crippen LogP contribution in [-0.2, 0) is 9.47 Å². The average Bonchev–Trinajstić information content (AvgIpc) is 3.02. The summed E-state index contributed by atoms with van der Waals surface area (Å²) in [6.45, 7) is 5.82. The van der Waals surface area contributed by atoms with Gasteiger partial charge in [-0.15, -0.1) is 0 Å². The van der Waals surface area contributed by atoms with Crippen LogP contribution in [0.25, 0.3) is 0 Å². The van der Waals surface area contributed by atoms with E-state index < -0.39 is 0 Å². The number of thioether (sulfide) groups is 1. The molecule has 3 rings (SSSR count). The molecule has 2 aliphatic rings. The van der Waals surface area contributed by atoms with Crippen molar-refractivity contribution in [1.82, 2.24) is 0 Å². The molecule has 0 saturated carbocycles. The van der Waals surface area contributed by atoms with Crippen LogP contribution in [0.15, 0.2) is 29.3 Å². The molecule has 0 aliphatic carbocycles. The van der Waals surface area contributed by atoms with E-state index in [1.165, 1.54) is 6.42 Å². The molecule has 0 spiro atoms. The summed E-state index contributed by atoms with van der Waals surface area (Å²) < 4.78 is 11.0. The zero-order chi connectivity index (χ0) is 14.7. The average molecular weight is 306 g/mol. The molecule has 0 radical (unpaired) electrons. The van der Waals surface area contributed by atoms with Crippen molar-refractivity contribution in [2.75, 3.05) is 24.3 Å². The Morgan fingerprint density at radius 3 is 2.57 bits per heavy atom. The maximum atomic E-state index is 5.50. The van der Waals surface area contributed by atoms with E-state index >= 15 is 0 Å². The Morgan fingerprint density at radius 1 is 1.19 bits per heavy atom. The van der Waals surface area contributed by atoms with Crippen molar-refractivity contribution >= 4 is 22.6 Å². The van der Waals surface area contributed by atoms with E-state index in [4.69, 9.17) is 14.5 Å². The normalized spacial score (nSPS) is 23.4. The highest BCUT2D eigenvalue weighted by molar-refractivity contribution is 8.14. The minimum Gasteiger partial charge on any atom is -0.346 e. The molecular weight excluding hydrogens is 284 g/mol. The van der Waals surface area contributed by atoms with Gasteiger partial charge in [0.1, 0.15) is 0 Å². The third-order valence-electron chi connectivity index (χ3n) is 3.76. The maximum Gasteiger partial charge on any atom is 0.184 e. The third-order valence-corrected chi connectivity index (χ3v) is 4.68. The highest BCUT2D eigenvalue weighted by Crippen LogP contribution is 2.26. The number of nitrogens with zero attached hydrogens (tertiary/aromatic N) is 1. The largest absolute Gasteiger partial charge is 0.346 e. The summed E-state index contributed by atoms with van der Waals surface area (Å²) in [7, 11) is 0. The minimum atomic E-state index is -0.203. The Bertz CT molecular complexity index is 496. The number of rotatable bonds is 3. The standard InChI is InChI=1S/C16H22N2O2S/c1-11(2)14-7-10-21-16(18-14)17-13-5-3-12(4-6-13)15-19-8-9-20-15/h3-6,11,14-15H,7-10H2,1-2H3,(H,17,18). The molecule has 114 valence electrons. The fraction of sp³-hybridized carbons (Fsp3) is 0.562. The number of hydrogen-bond donors (Lipinski definition) is 1. The molecule has 4 nitrogen and oxygen atoms in total. The van der Waals surface area contributed by atoms with E-state index in [0.29, 0.717) is 25.2 Å². The first kappa shape index (κ1) is 14.9. The maximum absolute atomic E-state index is 5.50. The Labute approximate surface area is 130 Å². The van der Waals surface area contributed by atoms with Gasteiger partial charge in [-0.2, -0.15) is 0 Å². The molecule has 5 heteroatoms. The van der Waals surface area contributed by atoms with Gasteiger partial charge < -0.3 is 14.8 Å². The number of benzene rings is 1. The van der Waals surface area contributed by atoms with Gasteiger partial charge in [-0.3, -0.25) is 4.99 Å². The van der Waals surface area contributed by atoms with Gasteiger partial charge in [0.25, 0.3) is 0 Å². The molecule has 1 fully saturated rings. The van der Waals surface area contributed by atoms with Crippen molar-refractivity contribution in [3.05, 3.63) is 29.8 Å². The fourth-order valence-corrected chi connectivity index (χ4v) is 3.43. The summed E-state index contributed by atoms with van der Waals surface area (Å²) in [5, 5.41) is 4.44. The molecule has 2 aliphatic heterocycles. The van der Waals surface area contributed by atoms with E-state index in [0.717, 1.165) is 22.2 Å². The van der Waals surface area contributed by atoms with Crippen molar-refractivity contribution < 1.29 is 9.47 Å². The monoisotopic (exact) mass is 306 g/mol. The molecule has 1 saturated heterocycles.